The number of ether oxygens (including phenoxy) is 2. The molecule has 1 aliphatic rings. The van der Waals surface area contributed by atoms with Gasteiger partial charge in [-0.25, -0.2) is 0 Å². The van der Waals surface area contributed by atoms with Crippen LogP contribution in [0, 0.1) is 20.8 Å². The number of benzene rings is 2. The van der Waals surface area contributed by atoms with E-state index < -0.39 is 0 Å². The first-order chi connectivity index (χ1) is 14.4. The molecule has 2 N–H and O–H groups in total. The van der Waals surface area contributed by atoms with Gasteiger partial charge >= 0.3 is 0 Å². The molecule has 0 amide bonds. The van der Waals surface area contributed by atoms with E-state index in [1.807, 2.05) is 39.1 Å². The Labute approximate surface area is 177 Å². The zero-order valence-electron chi connectivity index (χ0n) is 18.1. The van der Waals surface area contributed by atoms with E-state index in [1.165, 1.54) is 5.56 Å². The van der Waals surface area contributed by atoms with Gasteiger partial charge in [-0.15, -0.1) is 0 Å². The van der Waals surface area contributed by atoms with Crippen LogP contribution in [0.5, 0.6) is 17.2 Å². The maximum Gasteiger partial charge on any atom is 0.161 e. The van der Waals surface area contributed by atoms with E-state index in [0.717, 1.165) is 45.7 Å². The number of hydrogen-bond donors (Lipinski definition) is 2. The molecule has 2 heterocycles. The molecule has 0 fully saturated rings. The van der Waals surface area contributed by atoms with Gasteiger partial charge in [0.15, 0.2) is 11.5 Å². The quantitative estimate of drug-likeness (QED) is 0.660. The largest absolute Gasteiger partial charge is 0.507 e. The summed E-state index contributed by atoms with van der Waals surface area (Å²) in [6, 6.07) is 12.4. The number of rotatable bonds is 4. The Balaban J connectivity index is 1.86. The summed E-state index contributed by atoms with van der Waals surface area (Å²) in [7, 11) is 3.32. The third-order valence-electron chi connectivity index (χ3n) is 5.89. The average molecular weight is 405 g/mol. The molecule has 2 aromatic carbocycles. The van der Waals surface area contributed by atoms with Crippen molar-refractivity contribution in [2.45, 2.75) is 39.3 Å². The number of methoxy groups -OCH3 is 2. The summed E-state index contributed by atoms with van der Waals surface area (Å²) in [5.74, 6) is 1.78. The number of hydrogen-bond acceptors (Lipinski definition) is 5. The Morgan fingerprint density at radius 1 is 0.967 bits per heavy atom. The highest BCUT2D eigenvalue weighted by molar-refractivity contribution is 5.54. The van der Waals surface area contributed by atoms with E-state index in [1.54, 1.807) is 14.2 Å². The number of nitrogens with one attached hydrogen (secondary N) is 1. The SMILES string of the molecule is COc1cc2c(cc1OC)[C@@H](c1cc(C)c(O)c(C)c1)N[C@@H](c1ccc(C)cn1)C2. The number of fused-ring (bicyclic) bond motifs is 1. The standard InChI is InChI=1S/C25H28N2O3/c1-14-6-7-20(26-13-14)21-10-17-11-22(29-4)23(30-5)12-19(17)24(27-21)18-8-15(2)25(28)16(3)9-18/h6-9,11-13,21,24,27-28H,10H2,1-5H3/t21-,24-/m1/s1. The number of phenolic OH excluding ortho intramolecular Hbond substituents is 1. The molecular formula is C25H28N2O3. The normalized spacial score (nSPS) is 18.0. The smallest absolute Gasteiger partial charge is 0.161 e. The number of pyridine rings is 1. The second-order valence-electron chi connectivity index (χ2n) is 8.03. The van der Waals surface area contributed by atoms with E-state index >= 15 is 0 Å². The molecular weight excluding hydrogens is 376 g/mol. The first kappa shape index (κ1) is 20.2. The average Bonchev–Trinajstić information content (AvgIpc) is 2.75. The van der Waals surface area contributed by atoms with Crippen LogP contribution in [0.15, 0.2) is 42.6 Å². The zero-order valence-corrected chi connectivity index (χ0v) is 18.1. The second kappa shape index (κ2) is 8.00. The van der Waals surface area contributed by atoms with Crippen LogP contribution < -0.4 is 14.8 Å². The van der Waals surface area contributed by atoms with Gasteiger partial charge in [-0.1, -0.05) is 18.2 Å². The molecule has 0 bridgehead atoms. The van der Waals surface area contributed by atoms with Crippen LogP contribution in [0.25, 0.3) is 0 Å². The maximum atomic E-state index is 10.3. The van der Waals surface area contributed by atoms with Crippen molar-refractivity contribution in [1.82, 2.24) is 10.3 Å². The van der Waals surface area contributed by atoms with Crippen LogP contribution in [-0.4, -0.2) is 24.3 Å². The van der Waals surface area contributed by atoms with Crippen molar-refractivity contribution in [1.29, 1.82) is 0 Å². The van der Waals surface area contributed by atoms with Gasteiger partial charge in [-0.05, 0) is 78.8 Å². The molecule has 1 aliphatic heterocycles. The molecule has 0 saturated carbocycles. The summed E-state index contributed by atoms with van der Waals surface area (Å²) in [5, 5.41) is 14.0. The van der Waals surface area contributed by atoms with E-state index in [2.05, 4.69) is 34.6 Å². The van der Waals surface area contributed by atoms with Gasteiger partial charge in [0, 0.05) is 6.20 Å². The number of aromatic hydroxyl groups is 1. The van der Waals surface area contributed by atoms with Crippen LogP contribution in [-0.2, 0) is 6.42 Å². The highest BCUT2D eigenvalue weighted by atomic mass is 16.5. The highest BCUT2D eigenvalue weighted by Crippen LogP contribution is 2.42. The van der Waals surface area contributed by atoms with Crippen LogP contribution in [0.4, 0.5) is 0 Å². The number of nitrogens with zero attached hydrogens (tertiary/aromatic N) is 1. The molecule has 156 valence electrons. The first-order valence-corrected chi connectivity index (χ1v) is 10.1. The van der Waals surface area contributed by atoms with Crippen LogP contribution in [0.2, 0.25) is 0 Å². The van der Waals surface area contributed by atoms with Gasteiger partial charge in [0.1, 0.15) is 5.75 Å². The Kier molecular flexibility index (Phi) is 5.39. The van der Waals surface area contributed by atoms with Crippen LogP contribution in [0.3, 0.4) is 0 Å². The summed E-state index contributed by atoms with van der Waals surface area (Å²) in [4.78, 5) is 4.67. The van der Waals surface area contributed by atoms with E-state index in [0.29, 0.717) is 11.5 Å². The summed E-state index contributed by atoms with van der Waals surface area (Å²) in [6.07, 6.45) is 2.71. The molecule has 30 heavy (non-hydrogen) atoms. The molecule has 5 heteroatoms. The van der Waals surface area contributed by atoms with Crippen molar-refractivity contribution in [3.8, 4) is 17.2 Å². The van der Waals surface area contributed by atoms with Gasteiger partial charge in [0.25, 0.3) is 0 Å². The number of aryl methyl sites for hydroxylation is 3. The lowest BCUT2D eigenvalue weighted by Crippen LogP contribution is -2.34. The third-order valence-corrected chi connectivity index (χ3v) is 5.89. The van der Waals surface area contributed by atoms with Gasteiger partial charge in [-0.2, -0.15) is 0 Å². The number of aromatic nitrogens is 1. The summed E-state index contributed by atoms with van der Waals surface area (Å²) < 4.78 is 11.1. The lowest BCUT2D eigenvalue weighted by Gasteiger charge is -2.34. The maximum absolute atomic E-state index is 10.3. The predicted octanol–water partition coefficient (Wildman–Crippen LogP) is 4.71. The van der Waals surface area contributed by atoms with Crippen LogP contribution >= 0.6 is 0 Å². The van der Waals surface area contributed by atoms with Crippen molar-refractivity contribution in [3.63, 3.8) is 0 Å². The monoisotopic (exact) mass is 404 g/mol. The summed E-state index contributed by atoms with van der Waals surface area (Å²) >= 11 is 0. The molecule has 3 aromatic rings. The Bertz CT molecular complexity index is 1050. The fourth-order valence-electron chi connectivity index (χ4n) is 4.26. The minimum Gasteiger partial charge on any atom is -0.507 e. The van der Waals surface area contributed by atoms with Crippen molar-refractivity contribution < 1.29 is 14.6 Å². The van der Waals surface area contributed by atoms with Crippen molar-refractivity contribution in [2.24, 2.45) is 0 Å². The van der Waals surface area contributed by atoms with E-state index in [4.69, 9.17) is 9.47 Å². The molecule has 0 unspecified atom stereocenters. The van der Waals surface area contributed by atoms with Crippen molar-refractivity contribution >= 4 is 0 Å². The van der Waals surface area contributed by atoms with Gasteiger partial charge in [0.2, 0.25) is 0 Å². The Morgan fingerprint density at radius 2 is 1.63 bits per heavy atom. The van der Waals surface area contributed by atoms with E-state index in [-0.39, 0.29) is 12.1 Å². The number of phenols is 1. The van der Waals surface area contributed by atoms with Gasteiger partial charge < -0.3 is 14.6 Å². The molecule has 4 rings (SSSR count). The van der Waals surface area contributed by atoms with E-state index in [9.17, 15) is 5.11 Å². The molecule has 1 aromatic heterocycles. The molecule has 0 spiro atoms. The highest BCUT2D eigenvalue weighted by Gasteiger charge is 2.31. The fourth-order valence-corrected chi connectivity index (χ4v) is 4.26. The fraction of sp³-hybridized carbons (Fsp3) is 0.320. The zero-order chi connectivity index (χ0) is 21.4. The third kappa shape index (κ3) is 3.61. The van der Waals surface area contributed by atoms with Crippen molar-refractivity contribution in [3.05, 3.63) is 81.7 Å². The van der Waals surface area contributed by atoms with Gasteiger partial charge in [-0.3, -0.25) is 10.3 Å². The summed E-state index contributed by atoms with van der Waals surface area (Å²) in [5.41, 5.74) is 7.34. The molecule has 2 atom stereocenters. The van der Waals surface area contributed by atoms with Crippen molar-refractivity contribution in [2.75, 3.05) is 14.2 Å². The van der Waals surface area contributed by atoms with Gasteiger partial charge in [0.05, 0.1) is 32.0 Å². The minimum absolute atomic E-state index is 0.0559. The Hall–Kier alpha value is -3.05. The topological polar surface area (TPSA) is 63.6 Å². The first-order valence-electron chi connectivity index (χ1n) is 10.1. The van der Waals surface area contributed by atoms with Crippen LogP contribution in [0.1, 0.15) is 51.2 Å². The second-order valence-corrected chi connectivity index (χ2v) is 8.03. The summed E-state index contributed by atoms with van der Waals surface area (Å²) in [6.45, 7) is 5.91. The molecule has 0 saturated heterocycles. The predicted molar refractivity (Wildman–Crippen MR) is 118 cm³/mol. The lowest BCUT2D eigenvalue weighted by atomic mass is 9.84. The molecule has 0 radical (unpaired) electrons. The Morgan fingerprint density at radius 3 is 2.23 bits per heavy atom. The molecule has 5 nitrogen and oxygen atoms in total. The minimum atomic E-state index is -0.0559. The molecule has 0 aliphatic carbocycles. The lowest BCUT2D eigenvalue weighted by molar-refractivity contribution is 0.350.